The molecule has 26 heavy (non-hydrogen) atoms. The van der Waals surface area contributed by atoms with Crippen molar-refractivity contribution in [1.82, 2.24) is 0 Å². The van der Waals surface area contributed by atoms with Gasteiger partial charge in [0.05, 0.1) is 0 Å². The van der Waals surface area contributed by atoms with Gasteiger partial charge in [0.15, 0.2) is 0 Å². The van der Waals surface area contributed by atoms with Crippen LogP contribution in [0, 0.1) is 0 Å². The third-order valence-electron chi connectivity index (χ3n) is 5.33. The molecule has 3 aromatic rings. The van der Waals surface area contributed by atoms with Crippen LogP contribution in [0.1, 0.15) is 16.7 Å². The van der Waals surface area contributed by atoms with Crippen molar-refractivity contribution in [1.29, 1.82) is 0 Å². The number of halogens is 1. The summed E-state index contributed by atoms with van der Waals surface area (Å²) >= 11 is 0.00185. The maximum absolute atomic E-state index is 2.38. The number of allylic oxidation sites excluding steroid dienone is 4. The van der Waals surface area contributed by atoms with Crippen LogP contribution in [-0.2, 0) is 5.41 Å². The number of hydrogen-bond donors (Lipinski definition) is 0. The fourth-order valence-electron chi connectivity index (χ4n) is 4.35. The molecule has 1 heterocycles. The summed E-state index contributed by atoms with van der Waals surface area (Å²) in [6.07, 6.45) is 6.92. The zero-order valence-electron chi connectivity index (χ0n) is 14.3. The maximum atomic E-state index is 2.38. The molecular formula is C25H18I-. The molecule has 3 aromatic carbocycles. The molecule has 0 fully saturated rings. The summed E-state index contributed by atoms with van der Waals surface area (Å²) in [6.45, 7) is 0. The van der Waals surface area contributed by atoms with E-state index in [1.807, 2.05) is 0 Å². The zero-order valence-corrected chi connectivity index (χ0v) is 16.4. The fourth-order valence-corrected chi connectivity index (χ4v) is 5.63. The van der Waals surface area contributed by atoms with Crippen LogP contribution in [0.4, 0.5) is 0 Å². The van der Waals surface area contributed by atoms with Crippen molar-refractivity contribution in [3.05, 3.63) is 128 Å². The summed E-state index contributed by atoms with van der Waals surface area (Å²) in [5.41, 5.74) is 7.92. The molecule has 0 N–H and O–H groups in total. The van der Waals surface area contributed by atoms with E-state index in [2.05, 4.69) is 105 Å². The molecule has 2 aliphatic rings. The summed E-state index contributed by atoms with van der Waals surface area (Å²) < 4.78 is 4.70. The monoisotopic (exact) mass is 445 g/mol. The third kappa shape index (κ3) is 2.20. The quantitative estimate of drug-likeness (QED) is 0.533. The Morgan fingerprint density at radius 2 is 1.23 bits per heavy atom. The SMILES string of the molecule is C1=C[I-]C=CC(C2(c3ccccc3)c3ccccc3-c3ccccc32)=C1. The van der Waals surface area contributed by atoms with Crippen molar-refractivity contribution in [2.24, 2.45) is 0 Å². The summed E-state index contributed by atoms with van der Waals surface area (Å²) in [7, 11) is 0. The van der Waals surface area contributed by atoms with Crippen LogP contribution in [-0.4, -0.2) is 0 Å². The van der Waals surface area contributed by atoms with Gasteiger partial charge in [0.1, 0.15) is 0 Å². The average molecular weight is 445 g/mol. The van der Waals surface area contributed by atoms with Gasteiger partial charge in [-0.15, -0.1) is 0 Å². The van der Waals surface area contributed by atoms with Gasteiger partial charge < -0.3 is 0 Å². The minimum atomic E-state index is -0.247. The van der Waals surface area contributed by atoms with Crippen LogP contribution in [0.5, 0.6) is 0 Å². The van der Waals surface area contributed by atoms with Gasteiger partial charge in [-0.3, -0.25) is 0 Å². The van der Waals surface area contributed by atoms with Crippen LogP contribution in [0.2, 0.25) is 0 Å². The van der Waals surface area contributed by atoms with Gasteiger partial charge in [-0.1, -0.05) is 0 Å². The van der Waals surface area contributed by atoms with Crippen molar-refractivity contribution in [2.75, 3.05) is 0 Å². The van der Waals surface area contributed by atoms with Crippen LogP contribution in [0.15, 0.2) is 111 Å². The third-order valence-corrected chi connectivity index (χ3v) is 6.93. The zero-order chi connectivity index (χ0) is 17.4. The first-order valence-electron chi connectivity index (χ1n) is 8.83. The molecule has 0 unspecified atom stereocenters. The number of rotatable bonds is 2. The summed E-state index contributed by atoms with van der Waals surface area (Å²) in [4.78, 5) is 0. The average Bonchev–Trinajstić information content (AvgIpc) is 2.84. The molecule has 1 heteroatoms. The van der Waals surface area contributed by atoms with E-state index in [4.69, 9.17) is 0 Å². The van der Waals surface area contributed by atoms with Crippen LogP contribution in [0.25, 0.3) is 11.1 Å². The van der Waals surface area contributed by atoms with Crippen molar-refractivity contribution in [2.45, 2.75) is 5.41 Å². The number of hydrogen-bond acceptors (Lipinski definition) is 0. The number of fused-ring (bicyclic) bond motifs is 3. The number of benzene rings is 3. The molecule has 0 spiro atoms. The Morgan fingerprint density at radius 3 is 1.92 bits per heavy atom. The topological polar surface area (TPSA) is 0 Å². The van der Waals surface area contributed by atoms with E-state index in [0.717, 1.165) is 0 Å². The van der Waals surface area contributed by atoms with Crippen LogP contribution >= 0.6 is 0 Å². The Balaban J connectivity index is 1.95. The van der Waals surface area contributed by atoms with Crippen molar-refractivity contribution >= 4 is 0 Å². The molecule has 5 rings (SSSR count). The van der Waals surface area contributed by atoms with E-state index in [0.29, 0.717) is 0 Å². The molecule has 0 radical (unpaired) electrons. The first-order chi connectivity index (χ1) is 12.9. The summed E-state index contributed by atoms with van der Waals surface area (Å²) in [5.74, 6) is 0. The first-order valence-corrected chi connectivity index (χ1v) is 11.3. The van der Waals surface area contributed by atoms with E-state index in [9.17, 15) is 0 Å². The van der Waals surface area contributed by atoms with Gasteiger partial charge in [0.2, 0.25) is 0 Å². The van der Waals surface area contributed by atoms with E-state index in [1.54, 1.807) is 0 Å². The molecule has 1 aliphatic carbocycles. The van der Waals surface area contributed by atoms with Crippen molar-refractivity contribution in [3.63, 3.8) is 0 Å². The van der Waals surface area contributed by atoms with Gasteiger partial charge >= 0.3 is 165 Å². The normalized spacial score (nSPS) is 16.8. The van der Waals surface area contributed by atoms with E-state index in [1.165, 1.54) is 33.4 Å². The second kappa shape index (κ2) is 6.40. The Hall–Kier alpha value is -2.39. The van der Waals surface area contributed by atoms with Crippen molar-refractivity contribution in [3.8, 4) is 11.1 Å². The van der Waals surface area contributed by atoms with Gasteiger partial charge in [0, 0.05) is 0 Å². The van der Waals surface area contributed by atoms with Gasteiger partial charge in [-0.25, -0.2) is 0 Å². The van der Waals surface area contributed by atoms with Crippen LogP contribution < -0.4 is 21.2 Å². The van der Waals surface area contributed by atoms with E-state index >= 15 is 0 Å². The standard InChI is InChI=1S/C25H18I/c1-2-9-19(10-3-1)25(20-11-8-17-26-18-16-20)23-14-6-4-12-21(23)22-13-5-7-15-24(22)25/h1-18H/q-1. The fraction of sp³-hybridized carbons (Fsp3) is 0.0400. The molecular weight excluding hydrogens is 427 g/mol. The first kappa shape index (κ1) is 15.8. The van der Waals surface area contributed by atoms with Crippen LogP contribution in [0.3, 0.4) is 0 Å². The molecule has 1 aliphatic heterocycles. The molecule has 0 aromatic heterocycles. The summed E-state index contributed by atoms with van der Waals surface area (Å²) in [6, 6.07) is 28.8. The second-order valence-corrected chi connectivity index (χ2v) is 8.72. The predicted molar refractivity (Wildman–Crippen MR) is 105 cm³/mol. The molecule has 0 amide bonds. The minimum absolute atomic E-state index is 0.00185. The summed E-state index contributed by atoms with van der Waals surface area (Å²) in [5, 5.41) is 0. The molecule has 0 saturated carbocycles. The molecule has 0 atom stereocenters. The Labute approximate surface area is 164 Å². The van der Waals surface area contributed by atoms with E-state index in [-0.39, 0.29) is 26.6 Å². The van der Waals surface area contributed by atoms with Gasteiger partial charge in [0.25, 0.3) is 0 Å². The second-order valence-electron chi connectivity index (χ2n) is 6.57. The molecule has 0 bridgehead atoms. The van der Waals surface area contributed by atoms with E-state index < -0.39 is 0 Å². The molecule has 0 saturated heterocycles. The Morgan fingerprint density at radius 1 is 0.615 bits per heavy atom. The molecule has 0 nitrogen and oxygen atoms in total. The van der Waals surface area contributed by atoms with Gasteiger partial charge in [-0.05, 0) is 0 Å². The Bertz CT molecular complexity index is 1010. The Kier molecular flexibility index (Phi) is 3.90. The molecule has 126 valence electrons. The van der Waals surface area contributed by atoms with Gasteiger partial charge in [-0.2, -0.15) is 0 Å². The van der Waals surface area contributed by atoms with Crippen molar-refractivity contribution < 1.29 is 21.2 Å². The predicted octanol–water partition coefficient (Wildman–Crippen LogP) is 3.06.